The monoisotopic (exact) mass is 418 g/mol. The standard InChI is InChI=1S/C9H12I2N2O/c10-6-3-5(8(13)1-2-12)4-7(11)9(6)14/h3-4,8,14H,1-2,12-13H2/t8-/m0/s1. The summed E-state index contributed by atoms with van der Waals surface area (Å²) in [6, 6.07) is 3.76. The summed E-state index contributed by atoms with van der Waals surface area (Å²) in [5.41, 5.74) is 12.4. The molecule has 0 aliphatic rings. The quantitative estimate of drug-likeness (QED) is 0.658. The Morgan fingerprint density at radius 3 is 2.21 bits per heavy atom. The summed E-state index contributed by atoms with van der Waals surface area (Å²) >= 11 is 4.19. The molecule has 0 heterocycles. The summed E-state index contributed by atoms with van der Waals surface area (Å²) in [5.74, 6) is 0.329. The van der Waals surface area contributed by atoms with Crippen LogP contribution in [0.25, 0.3) is 0 Å². The molecule has 5 N–H and O–H groups in total. The largest absolute Gasteiger partial charge is 0.506 e. The van der Waals surface area contributed by atoms with E-state index >= 15 is 0 Å². The lowest BCUT2D eigenvalue weighted by molar-refractivity contribution is 0.467. The second-order valence-corrected chi connectivity index (χ2v) is 5.34. The highest BCUT2D eigenvalue weighted by Gasteiger charge is 2.10. The minimum absolute atomic E-state index is 0.0392. The molecular formula is C9H12I2N2O. The minimum Gasteiger partial charge on any atom is -0.506 e. The number of nitrogens with two attached hydrogens (primary N) is 2. The second kappa shape index (κ2) is 5.47. The van der Waals surface area contributed by atoms with Crippen LogP contribution in [-0.2, 0) is 0 Å². The topological polar surface area (TPSA) is 72.3 Å². The first-order valence-electron chi connectivity index (χ1n) is 4.19. The first-order chi connectivity index (χ1) is 6.56. The van der Waals surface area contributed by atoms with E-state index in [0.717, 1.165) is 19.1 Å². The molecule has 0 fully saturated rings. The van der Waals surface area contributed by atoms with E-state index in [2.05, 4.69) is 45.2 Å². The van der Waals surface area contributed by atoms with E-state index in [4.69, 9.17) is 11.5 Å². The van der Waals surface area contributed by atoms with Crippen molar-refractivity contribution in [2.75, 3.05) is 6.54 Å². The fourth-order valence-corrected chi connectivity index (χ4v) is 2.96. The molecule has 0 spiro atoms. The number of halogens is 2. The van der Waals surface area contributed by atoms with Gasteiger partial charge in [0, 0.05) is 6.04 Å². The van der Waals surface area contributed by atoms with Crippen LogP contribution in [0.3, 0.4) is 0 Å². The Labute approximate surface area is 111 Å². The third-order valence-corrected chi connectivity index (χ3v) is 3.59. The molecule has 5 heteroatoms. The summed E-state index contributed by atoms with van der Waals surface area (Å²) < 4.78 is 1.66. The van der Waals surface area contributed by atoms with Gasteiger partial charge >= 0.3 is 0 Å². The molecule has 0 saturated carbocycles. The first-order valence-corrected chi connectivity index (χ1v) is 6.35. The molecule has 1 rings (SSSR count). The smallest absolute Gasteiger partial charge is 0.142 e. The number of rotatable bonds is 3. The normalized spacial score (nSPS) is 12.9. The first kappa shape index (κ1) is 12.5. The summed E-state index contributed by atoms with van der Waals surface area (Å²) in [5, 5.41) is 9.56. The molecule has 0 aliphatic heterocycles. The highest BCUT2D eigenvalue weighted by molar-refractivity contribution is 14.1. The Balaban J connectivity index is 3.00. The molecule has 0 aromatic heterocycles. The van der Waals surface area contributed by atoms with Gasteiger partial charge < -0.3 is 16.6 Å². The fourth-order valence-electron chi connectivity index (χ4n) is 1.15. The summed E-state index contributed by atoms with van der Waals surface area (Å²) in [4.78, 5) is 0. The van der Waals surface area contributed by atoms with Gasteiger partial charge in [0.05, 0.1) is 7.14 Å². The molecule has 78 valence electrons. The highest BCUT2D eigenvalue weighted by atomic mass is 127. The van der Waals surface area contributed by atoms with Crippen LogP contribution in [-0.4, -0.2) is 11.7 Å². The molecular weight excluding hydrogens is 406 g/mol. The van der Waals surface area contributed by atoms with Gasteiger partial charge in [-0.25, -0.2) is 0 Å². The zero-order chi connectivity index (χ0) is 10.7. The van der Waals surface area contributed by atoms with E-state index in [0.29, 0.717) is 12.3 Å². The lowest BCUT2D eigenvalue weighted by atomic mass is 10.1. The Bertz CT molecular complexity index is 308. The fraction of sp³-hybridized carbons (Fsp3) is 0.333. The maximum absolute atomic E-state index is 9.56. The van der Waals surface area contributed by atoms with Gasteiger partial charge in [-0.15, -0.1) is 0 Å². The summed E-state index contributed by atoms with van der Waals surface area (Å²) in [6.45, 7) is 0.579. The third kappa shape index (κ3) is 2.94. The maximum atomic E-state index is 9.56. The van der Waals surface area contributed by atoms with E-state index in [1.54, 1.807) is 0 Å². The third-order valence-electron chi connectivity index (χ3n) is 1.95. The van der Waals surface area contributed by atoms with Crippen molar-refractivity contribution >= 4 is 45.2 Å². The van der Waals surface area contributed by atoms with Crippen molar-refractivity contribution in [1.29, 1.82) is 0 Å². The van der Waals surface area contributed by atoms with Gasteiger partial charge in [-0.05, 0) is 75.8 Å². The number of phenolic OH excluding ortho intramolecular Hbond substituents is 1. The van der Waals surface area contributed by atoms with Crippen molar-refractivity contribution in [3.8, 4) is 5.75 Å². The Morgan fingerprint density at radius 1 is 1.29 bits per heavy atom. The lowest BCUT2D eigenvalue weighted by Crippen LogP contribution is -2.15. The van der Waals surface area contributed by atoms with Gasteiger partial charge in [-0.1, -0.05) is 0 Å². The number of aromatic hydroxyl groups is 1. The van der Waals surface area contributed by atoms with E-state index in [9.17, 15) is 5.11 Å². The van der Waals surface area contributed by atoms with E-state index < -0.39 is 0 Å². The van der Waals surface area contributed by atoms with Gasteiger partial charge in [0.25, 0.3) is 0 Å². The Hall–Kier alpha value is 0.400. The van der Waals surface area contributed by atoms with Crippen LogP contribution in [0, 0.1) is 7.14 Å². The van der Waals surface area contributed by atoms with Gasteiger partial charge in [0.15, 0.2) is 0 Å². The van der Waals surface area contributed by atoms with Crippen molar-refractivity contribution in [2.45, 2.75) is 12.5 Å². The second-order valence-electron chi connectivity index (χ2n) is 3.02. The minimum atomic E-state index is -0.0392. The molecule has 14 heavy (non-hydrogen) atoms. The number of benzene rings is 1. The molecule has 0 unspecified atom stereocenters. The van der Waals surface area contributed by atoms with Crippen molar-refractivity contribution < 1.29 is 5.11 Å². The van der Waals surface area contributed by atoms with Crippen LogP contribution < -0.4 is 11.5 Å². The Morgan fingerprint density at radius 2 is 1.79 bits per heavy atom. The average molecular weight is 418 g/mol. The average Bonchev–Trinajstić information content (AvgIpc) is 2.13. The van der Waals surface area contributed by atoms with Crippen molar-refractivity contribution in [2.24, 2.45) is 11.5 Å². The van der Waals surface area contributed by atoms with Crippen LogP contribution in [0.4, 0.5) is 0 Å². The summed E-state index contributed by atoms with van der Waals surface area (Å²) in [7, 11) is 0. The van der Waals surface area contributed by atoms with E-state index in [-0.39, 0.29) is 6.04 Å². The number of hydrogen-bond donors (Lipinski definition) is 3. The highest BCUT2D eigenvalue weighted by Crippen LogP contribution is 2.29. The van der Waals surface area contributed by atoms with Gasteiger partial charge in [-0.2, -0.15) is 0 Å². The number of hydrogen-bond acceptors (Lipinski definition) is 3. The molecule has 0 aliphatic carbocycles. The maximum Gasteiger partial charge on any atom is 0.142 e. The van der Waals surface area contributed by atoms with Crippen LogP contribution >= 0.6 is 45.2 Å². The molecule has 0 saturated heterocycles. The van der Waals surface area contributed by atoms with Crippen molar-refractivity contribution in [3.63, 3.8) is 0 Å². The predicted octanol–water partition coefficient (Wildman–Crippen LogP) is 1.95. The molecule has 0 amide bonds. The zero-order valence-electron chi connectivity index (χ0n) is 7.50. The van der Waals surface area contributed by atoms with Crippen LogP contribution in [0.15, 0.2) is 12.1 Å². The van der Waals surface area contributed by atoms with Crippen LogP contribution in [0.5, 0.6) is 5.75 Å². The summed E-state index contributed by atoms with van der Waals surface area (Å²) in [6.07, 6.45) is 0.761. The van der Waals surface area contributed by atoms with E-state index in [1.165, 1.54) is 0 Å². The van der Waals surface area contributed by atoms with Gasteiger partial charge in [0.1, 0.15) is 5.75 Å². The zero-order valence-corrected chi connectivity index (χ0v) is 11.8. The Kier molecular flexibility index (Phi) is 4.88. The number of phenols is 1. The van der Waals surface area contributed by atoms with E-state index in [1.807, 2.05) is 12.1 Å². The van der Waals surface area contributed by atoms with Crippen molar-refractivity contribution in [3.05, 3.63) is 24.8 Å². The molecule has 0 bridgehead atoms. The molecule has 3 nitrogen and oxygen atoms in total. The van der Waals surface area contributed by atoms with Crippen molar-refractivity contribution in [1.82, 2.24) is 0 Å². The van der Waals surface area contributed by atoms with Gasteiger partial charge in [0.2, 0.25) is 0 Å². The molecule has 1 aromatic carbocycles. The van der Waals surface area contributed by atoms with Gasteiger partial charge in [-0.3, -0.25) is 0 Å². The molecule has 1 atom stereocenters. The molecule has 1 aromatic rings. The van der Waals surface area contributed by atoms with Crippen LogP contribution in [0.2, 0.25) is 0 Å². The predicted molar refractivity (Wildman–Crippen MR) is 74.1 cm³/mol. The lowest BCUT2D eigenvalue weighted by Gasteiger charge is -2.12. The SMILES string of the molecule is NCC[C@H](N)c1cc(I)c(O)c(I)c1. The van der Waals surface area contributed by atoms with Crippen LogP contribution in [0.1, 0.15) is 18.0 Å². The molecule has 0 radical (unpaired) electrons.